The Hall–Kier alpha value is -1.00. The topological polar surface area (TPSA) is 29.3 Å². The van der Waals surface area contributed by atoms with E-state index in [9.17, 15) is 8.78 Å². The lowest BCUT2D eigenvalue weighted by molar-refractivity contribution is 0.307. The van der Waals surface area contributed by atoms with Crippen LogP contribution in [0.5, 0.6) is 0 Å². The van der Waals surface area contributed by atoms with E-state index in [1.807, 2.05) is 7.05 Å². The fourth-order valence-corrected chi connectivity index (χ4v) is 1.70. The van der Waals surface area contributed by atoms with Crippen LogP contribution in [0.1, 0.15) is 31.4 Å². The van der Waals surface area contributed by atoms with E-state index in [-0.39, 0.29) is 6.04 Å². The monoisotopic (exact) mass is 242 g/mol. The quantitative estimate of drug-likeness (QED) is 0.831. The predicted octanol–water partition coefficient (Wildman–Crippen LogP) is 2.70. The lowest BCUT2D eigenvalue weighted by Crippen LogP contribution is -2.29. The minimum Gasteiger partial charge on any atom is -0.323 e. The van der Waals surface area contributed by atoms with Crippen molar-refractivity contribution in [1.82, 2.24) is 4.90 Å². The highest BCUT2D eigenvalue weighted by Crippen LogP contribution is 2.15. The van der Waals surface area contributed by atoms with Crippen LogP contribution in [-0.2, 0) is 0 Å². The first-order chi connectivity index (χ1) is 8.04. The zero-order valence-corrected chi connectivity index (χ0v) is 10.4. The molecular weight excluding hydrogens is 222 g/mol. The summed E-state index contributed by atoms with van der Waals surface area (Å²) in [6, 6.07) is 3.55. The van der Waals surface area contributed by atoms with Crippen LogP contribution >= 0.6 is 0 Å². The molecule has 0 aliphatic carbocycles. The van der Waals surface area contributed by atoms with Crippen molar-refractivity contribution in [3.63, 3.8) is 0 Å². The highest BCUT2D eigenvalue weighted by atomic mass is 19.2. The van der Waals surface area contributed by atoms with Gasteiger partial charge in [0.15, 0.2) is 11.6 Å². The summed E-state index contributed by atoms with van der Waals surface area (Å²) in [6.45, 7) is 3.74. The van der Waals surface area contributed by atoms with Crippen molar-refractivity contribution < 1.29 is 8.78 Å². The van der Waals surface area contributed by atoms with E-state index >= 15 is 0 Å². The Morgan fingerprint density at radius 2 is 2.00 bits per heavy atom. The SMILES string of the molecule is CCCCN(C)CC(N)c1ccc(F)c(F)c1. The number of nitrogens with zero attached hydrogens (tertiary/aromatic N) is 1. The molecular formula is C13H20F2N2. The van der Waals surface area contributed by atoms with Crippen molar-refractivity contribution >= 4 is 0 Å². The van der Waals surface area contributed by atoms with Crippen LogP contribution in [-0.4, -0.2) is 25.0 Å². The maximum Gasteiger partial charge on any atom is 0.159 e. The Bertz CT molecular complexity index is 355. The van der Waals surface area contributed by atoms with E-state index in [2.05, 4.69) is 11.8 Å². The Morgan fingerprint density at radius 1 is 1.29 bits per heavy atom. The van der Waals surface area contributed by atoms with Gasteiger partial charge in [0.1, 0.15) is 0 Å². The third-order valence-electron chi connectivity index (χ3n) is 2.77. The molecule has 0 heterocycles. The van der Waals surface area contributed by atoms with Gasteiger partial charge in [-0.15, -0.1) is 0 Å². The van der Waals surface area contributed by atoms with Gasteiger partial charge in [-0.25, -0.2) is 8.78 Å². The fraction of sp³-hybridized carbons (Fsp3) is 0.538. The maximum absolute atomic E-state index is 13.0. The minimum atomic E-state index is -0.839. The summed E-state index contributed by atoms with van der Waals surface area (Å²) in [5.74, 6) is -1.67. The average molecular weight is 242 g/mol. The van der Waals surface area contributed by atoms with Crippen LogP contribution in [0.25, 0.3) is 0 Å². The molecule has 2 N–H and O–H groups in total. The number of unbranched alkanes of at least 4 members (excludes halogenated alkanes) is 1. The molecule has 0 aliphatic heterocycles. The summed E-state index contributed by atoms with van der Waals surface area (Å²) in [6.07, 6.45) is 2.24. The first kappa shape index (κ1) is 14.1. The van der Waals surface area contributed by atoms with E-state index in [0.29, 0.717) is 12.1 Å². The molecule has 1 unspecified atom stereocenters. The van der Waals surface area contributed by atoms with E-state index in [1.165, 1.54) is 12.1 Å². The van der Waals surface area contributed by atoms with Crippen LogP contribution < -0.4 is 5.73 Å². The van der Waals surface area contributed by atoms with Gasteiger partial charge >= 0.3 is 0 Å². The number of halogens is 2. The Labute approximate surface area is 101 Å². The molecule has 0 saturated heterocycles. The standard InChI is InChI=1S/C13H20F2N2/c1-3-4-7-17(2)9-13(16)10-5-6-11(14)12(15)8-10/h5-6,8,13H,3-4,7,9,16H2,1-2H3. The zero-order valence-electron chi connectivity index (χ0n) is 10.4. The van der Waals surface area contributed by atoms with E-state index < -0.39 is 11.6 Å². The van der Waals surface area contributed by atoms with Gasteiger partial charge in [0.2, 0.25) is 0 Å². The molecule has 0 saturated carbocycles. The highest BCUT2D eigenvalue weighted by molar-refractivity contribution is 5.21. The second-order valence-corrected chi connectivity index (χ2v) is 4.40. The van der Waals surface area contributed by atoms with Gasteiger partial charge < -0.3 is 10.6 Å². The summed E-state index contributed by atoms with van der Waals surface area (Å²) in [7, 11) is 1.98. The van der Waals surface area contributed by atoms with Crippen molar-refractivity contribution in [3.8, 4) is 0 Å². The Kier molecular flexibility index (Phi) is 5.51. The first-order valence-electron chi connectivity index (χ1n) is 5.93. The molecule has 0 bridgehead atoms. The molecule has 0 aliphatic rings. The molecule has 96 valence electrons. The number of rotatable bonds is 6. The van der Waals surface area contributed by atoms with E-state index in [4.69, 9.17) is 5.73 Å². The molecule has 2 nitrogen and oxygen atoms in total. The molecule has 1 aromatic rings. The molecule has 0 amide bonds. The van der Waals surface area contributed by atoms with Crippen LogP contribution in [0.2, 0.25) is 0 Å². The van der Waals surface area contributed by atoms with Crippen LogP contribution in [0.15, 0.2) is 18.2 Å². The predicted molar refractivity (Wildman–Crippen MR) is 65.7 cm³/mol. The first-order valence-corrected chi connectivity index (χ1v) is 5.93. The number of likely N-dealkylation sites (N-methyl/N-ethyl adjacent to an activating group) is 1. The third kappa shape index (κ3) is 4.40. The van der Waals surface area contributed by atoms with Gasteiger partial charge in [0.05, 0.1) is 0 Å². The Morgan fingerprint density at radius 3 is 2.59 bits per heavy atom. The van der Waals surface area contributed by atoms with Crippen molar-refractivity contribution in [2.75, 3.05) is 20.1 Å². The maximum atomic E-state index is 13.0. The lowest BCUT2D eigenvalue weighted by atomic mass is 10.1. The lowest BCUT2D eigenvalue weighted by Gasteiger charge is -2.21. The average Bonchev–Trinajstić information content (AvgIpc) is 2.30. The molecule has 4 heteroatoms. The molecule has 0 fully saturated rings. The van der Waals surface area contributed by atoms with Gasteiger partial charge in [-0.1, -0.05) is 19.4 Å². The summed E-state index contributed by atoms with van der Waals surface area (Å²) in [5.41, 5.74) is 6.59. The second kappa shape index (κ2) is 6.67. The van der Waals surface area contributed by atoms with E-state index in [0.717, 1.165) is 25.5 Å². The third-order valence-corrected chi connectivity index (χ3v) is 2.77. The van der Waals surface area contributed by atoms with Crippen molar-refractivity contribution in [3.05, 3.63) is 35.4 Å². The van der Waals surface area contributed by atoms with Crippen molar-refractivity contribution in [2.24, 2.45) is 5.73 Å². The van der Waals surface area contributed by atoms with Gasteiger partial charge in [0.25, 0.3) is 0 Å². The number of hydrogen-bond donors (Lipinski definition) is 1. The number of hydrogen-bond acceptors (Lipinski definition) is 2. The smallest absolute Gasteiger partial charge is 0.159 e. The number of benzene rings is 1. The molecule has 0 aromatic heterocycles. The van der Waals surface area contributed by atoms with Crippen molar-refractivity contribution in [1.29, 1.82) is 0 Å². The largest absolute Gasteiger partial charge is 0.323 e. The normalized spacial score (nSPS) is 13.1. The van der Waals surface area contributed by atoms with Gasteiger partial charge in [-0.3, -0.25) is 0 Å². The molecule has 0 radical (unpaired) electrons. The van der Waals surface area contributed by atoms with Gasteiger partial charge in [0, 0.05) is 12.6 Å². The van der Waals surface area contributed by atoms with Crippen LogP contribution in [0.4, 0.5) is 8.78 Å². The van der Waals surface area contributed by atoms with Crippen molar-refractivity contribution in [2.45, 2.75) is 25.8 Å². The molecule has 17 heavy (non-hydrogen) atoms. The summed E-state index contributed by atoms with van der Waals surface area (Å²) >= 11 is 0. The fourth-order valence-electron chi connectivity index (χ4n) is 1.70. The number of nitrogens with two attached hydrogens (primary N) is 1. The van der Waals surface area contributed by atoms with Gasteiger partial charge in [-0.05, 0) is 37.7 Å². The van der Waals surface area contributed by atoms with Crippen LogP contribution in [0.3, 0.4) is 0 Å². The highest BCUT2D eigenvalue weighted by Gasteiger charge is 2.11. The minimum absolute atomic E-state index is 0.285. The van der Waals surface area contributed by atoms with E-state index in [1.54, 1.807) is 0 Å². The Balaban J connectivity index is 2.57. The summed E-state index contributed by atoms with van der Waals surface area (Å²) in [5, 5.41) is 0. The summed E-state index contributed by atoms with van der Waals surface area (Å²) < 4.78 is 25.8. The zero-order chi connectivity index (χ0) is 12.8. The molecule has 1 rings (SSSR count). The summed E-state index contributed by atoms with van der Waals surface area (Å²) in [4.78, 5) is 2.11. The van der Waals surface area contributed by atoms with Gasteiger partial charge in [-0.2, -0.15) is 0 Å². The molecule has 1 atom stereocenters. The molecule has 0 spiro atoms. The van der Waals surface area contributed by atoms with Crippen LogP contribution in [0, 0.1) is 11.6 Å². The molecule has 1 aromatic carbocycles. The second-order valence-electron chi connectivity index (χ2n) is 4.40.